The zero-order chi connectivity index (χ0) is 101. The number of anilines is 7. The van der Waals surface area contributed by atoms with Crippen LogP contribution in [0.5, 0.6) is 0 Å². The molecule has 0 radical (unpaired) electrons. The average Bonchev–Trinajstić information content (AvgIpc) is 0.839. The fraction of sp³-hybridized carbons (Fsp3) is 0.174. The van der Waals surface area contributed by atoms with E-state index in [2.05, 4.69) is 594 Å². The maximum absolute atomic E-state index is 2.48. The van der Waals surface area contributed by atoms with Gasteiger partial charge in [0.2, 0.25) is 0 Å². The first-order chi connectivity index (χ1) is 68.9. The zero-order valence-electron chi connectivity index (χ0n) is 87.6. The Morgan fingerprint density at radius 1 is 0.126 bits per heavy atom. The lowest BCUT2D eigenvalue weighted by molar-refractivity contribution is 0.319. The molecular weight excluding hydrogens is 1730 g/mol. The molecule has 0 unspecified atom stereocenters. The minimum absolute atomic E-state index is 0.858. The molecule has 0 aliphatic heterocycles. The van der Waals surface area contributed by atoms with E-state index >= 15 is 0 Å². The Morgan fingerprint density at radius 3 is 0.517 bits per heavy atom. The lowest BCUT2D eigenvalue weighted by Crippen LogP contribution is -2.22. The van der Waals surface area contributed by atoms with Crippen molar-refractivity contribution in [1.82, 2.24) is 4.90 Å². The molecule has 143 heavy (non-hydrogen) atoms. The zero-order valence-corrected chi connectivity index (χ0v) is 87.6. The molecule has 0 aliphatic carbocycles. The molecule has 0 amide bonds. The molecule has 19 aromatic carbocycles. The van der Waals surface area contributed by atoms with Crippen LogP contribution >= 0.6 is 0 Å². The van der Waals surface area contributed by atoms with E-state index in [1.165, 1.54) is 240 Å². The van der Waals surface area contributed by atoms with Gasteiger partial charge in [0.15, 0.2) is 0 Å². The molecule has 0 N–H and O–H groups in total. The van der Waals surface area contributed by atoms with Crippen LogP contribution in [0.15, 0.2) is 431 Å². The van der Waals surface area contributed by atoms with Crippen LogP contribution in [0.4, 0.5) is 39.8 Å². The smallest absolute Gasteiger partial charge is 0.0433 e. The van der Waals surface area contributed by atoms with E-state index in [-0.39, 0.29) is 0 Å². The van der Waals surface area contributed by atoms with E-state index in [1.807, 2.05) is 0 Å². The Hall–Kier alpha value is -15.7. The molecule has 19 aromatic rings. The second-order valence-electron chi connectivity index (χ2n) is 39.7. The van der Waals surface area contributed by atoms with Gasteiger partial charge in [-0.05, 0) is 384 Å². The third-order valence-corrected chi connectivity index (χ3v) is 26.2. The van der Waals surface area contributed by atoms with Crippen molar-refractivity contribution in [2.75, 3.05) is 47.8 Å². The van der Waals surface area contributed by atoms with Gasteiger partial charge in [-0.25, -0.2) is 0 Å². The maximum atomic E-state index is 2.48. The van der Waals surface area contributed by atoms with Crippen LogP contribution in [-0.2, 0) is 26.2 Å². The molecule has 716 valence electrons. The van der Waals surface area contributed by atoms with Gasteiger partial charge in [0.05, 0.1) is 0 Å². The number of hydrogen-bond donors (Lipinski definition) is 0. The standard InChI is InChI=1S/C39H33N.C30H31N.C29H29N.C23H25N.C17H21N/c1-40(28-30-22-36(32-14-6-2-7-15-32)26-37(23-30)33-16-8-3-9-17-33)29-31-24-38(34-18-10-4-11-19-34)27-39(25-31)35-20-12-5-13-21-35;1-22-14-23(2)17-26(16-22)20-31(21-27-18-24(3)15-25(4)19-27)30-12-10-29(11-13-30)28-8-6-5-7-9-28;1-20-14-21(2)17-26(16-20)24-6-10-28(11-7-24)30(5)29-12-8-25(9-13-29)27-18-22(3)15-23(4)19-27;1-16-10-17(2)13-21(12-16)20-6-8-22(9-7-20)24(5)23-14-18(3)11-19(4)15-23;1-12-6-13(2)9-16(8-12)18(5)17-10-14(3)7-15(4)11-17/h2-27H,28-29H2,1H3;5-19H,20-21H2,1-4H3;6-19H,1-5H3;6-15H,1-5H3;6-11H,1-5H3. The quantitative estimate of drug-likeness (QED) is 0.0633. The second-order valence-corrected chi connectivity index (χ2v) is 39.7. The minimum Gasteiger partial charge on any atom is -0.363 e. The number of hydrogen-bond acceptors (Lipinski definition) is 5. The van der Waals surface area contributed by atoms with Crippen molar-refractivity contribution in [2.45, 2.75) is 137 Å². The first kappa shape index (κ1) is 102. The predicted octanol–water partition coefficient (Wildman–Crippen LogP) is 36.8. The van der Waals surface area contributed by atoms with Gasteiger partial charge in [-0.1, -0.05) is 365 Å². The van der Waals surface area contributed by atoms with Gasteiger partial charge in [-0.2, -0.15) is 0 Å². The van der Waals surface area contributed by atoms with Crippen molar-refractivity contribution < 1.29 is 0 Å². The summed E-state index contributed by atoms with van der Waals surface area (Å²) in [6.45, 7) is 38.0. The van der Waals surface area contributed by atoms with E-state index in [1.54, 1.807) is 0 Å². The molecule has 0 fully saturated rings. The highest BCUT2D eigenvalue weighted by Gasteiger charge is 2.18. The first-order valence-electron chi connectivity index (χ1n) is 50.2. The fourth-order valence-corrected chi connectivity index (χ4v) is 19.9. The Kier molecular flexibility index (Phi) is 34.2. The molecule has 5 nitrogen and oxygen atoms in total. The van der Waals surface area contributed by atoms with Crippen molar-refractivity contribution in [2.24, 2.45) is 0 Å². The van der Waals surface area contributed by atoms with Gasteiger partial charge in [-0.3, -0.25) is 4.90 Å². The van der Waals surface area contributed by atoms with Crippen LogP contribution < -0.4 is 19.6 Å². The summed E-state index contributed by atoms with van der Waals surface area (Å²) in [5.41, 5.74) is 54.9. The molecule has 0 saturated heterocycles. The summed E-state index contributed by atoms with van der Waals surface area (Å²) < 4.78 is 0. The molecule has 0 atom stereocenters. The van der Waals surface area contributed by atoms with Gasteiger partial charge in [0.1, 0.15) is 0 Å². The van der Waals surface area contributed by atoms with Crippen LogP contribution in [0.1, 0.15) is 111 Å². The highest BCUT2D eigenvalue weighted by molar-refractivity contribution is 5.79. The fourth-order valence-electron chi connectivity index (χ4n) is 19.9. The number of rotatable bonds is 23. The van der Waals surface area contributed by atoms with Crippen LogP contribution in [0.25, 0.3) is 89.0 Å². The molecule has 0 heterocycles. The minimum atomic E-state index is 0.858. The summed E-state index contributed by atoms with van der Waals surface area (Å²) in [7, 11) is 8.59. The topological polar surface area (TPSA) is 16.2 Å². The number of nitrogens with zero attached hydrogens (tertiary/aromatic N) is 5. The average molecular weight is 1870 g/mol. The van der Waals surface area contributed by atoms with E-state index in [0.717, 1.165) is 26.2 Å². The third-order valence-electron chi connectivity index (χ3n) is 26.2. The van der Waals surface area contributed by atoms with Crippen molar-refractivity contribution in [3.8, 4) is 89.0 Å². The molecule has 0 aromatic heterocycles. The molecule has 19 rings (SSSR count). The van der Waals surface area contributed by atoms with Gasteiger partial charge in [0, 0.05) is 87.1 Å². The molecular formula is C138H139N5. The van der Waals surface area contributed by atoms with Gasteiger partial charge < -0.3 is 19.6 Å². The maximum Gasteiger partial charge on any atom is 0.0433 e. The second kappa shape index (κ2) is 48.0. The van der Waals surface area contributed by atoms with E-state index in [4.69, 9.17) is 0 Å². The third kappa shape index (κ3) is 28.8. The van der Waals surface area contributed by atoms with E-state index < -0.39 is 0 Å². The van der Waals surface area contributed by atoms with Crippen LogP contribution in [-0.4, -0.2) is 33.1 Å². The van der Waals surface area contributed by atoms with Crippen molar-refractivity contribution in [3.05, 3.63) is 542 Å². The Bertz CT molecular complexity index is 6850. The van der Waals surface area contributed by atoms with E-state index in [9.17, 15) is 0 Å². The van der Waals surface area contributed by atoms with Crippen LogP contribution in [0.2, 0.25) is 0 Å². The summed E-state index contributed by atoms with van der Waals surface area (Å²) in [4.78, 5) is 11.6. The Morgan fingerprint density at radius 2 is 0.287 bits per heavy atom. The summed E-state index contributed by atoms with van der Waals surface area (Å²) in [5, 5.41) is 0. The SMILES string of the molecule is CN(Cc1cc(-c2ccccc2)cc(-c2ccccc2)c1)Cc1cc(-c2ccccc2)cc(-c2ccccc2)c1.Cc1cc(C)cc(-c2ccc(N(C)c3cc(C)cc(C)c3)cc2)c1.Cc1cc(C)cc(-c2ccc(N(C)c3ccc(-c4cc(C)cc(C)c4)cc3)cc2)c1.Cc1cc(C)cc(CN(Cc2cc(C)cc(C)c2)c2ccc(-c3ccccc3)cc2)c1.Cc1cc(C)cc(N(C)c2cc(C)cc(C)c2)c1. The molecule has 0 aliphatic rings. The highest BCUT2D eigenvalue weighted by atomic mass is 15.1. The largest absolute Gasteiger partial charge is 0.363 e. The summed E-state index contributed by atoms with van der Waals surface area (Å²) in [6.07, 6.45) is 0. The van der Waals surface area contributed by atoms with E-state index in [0.29, 0.717) is 0 Å². The predicted molar refractivity (Wildman–Crippen MR) is 619 cm³/mol. The summed E-state index contributed by atoms with van der Waals surface area (Å²) in [5.74, 6) is 0. The van der Waals surface area contributed by atoms with Gasteiger partial charge in [0.25, 0.3) is 0 Å². The normalized spacial score (nSPS) is 10.8. The number of aryl methyl sites for hydroxylation is 16. The molecule has 0 bridgehead atoms. The monoisotopic (exact) mass is 1870 g/mol. The van der Waals surface area contributed by atoms with Crippen molar-refractivity contribution in [3.63, 3.8) is 0 Å². The Labute approximate surface area is 854 Å². The van der Waals surface area contributed by atoms with Crippen molar-refractivity contribution >= 4 is 39.8 Å². The van der Waals surface area contributed by atoms with Crippen molar-refractivity contribution in [1.29, 1.82) is 0 Å². The molecule has 0 spiro atoms. The first-order valence-corrected chi connectivity index (χ1v) is 50.2. The van der Waals surface area contributed by atoms with Crippen LogP contribution in [0, 0.1) is 111 Å². The number of benzene rings is 19. The Balaban J connectivity index is 0.000000138. The summed E-state index contributed by atoms with van der Waals surface area (Å²) >= 11 is 0. The van der Waals surface area contributed by atoms with Gasteiger partial charge >= 0.3 is 0 Å². The lowest BCUT2D eigenvalue weighted by atomic mass is 9.95. The van der Waals surface area contributed by atoms with Gasteiger partial charge in [-0.15, -0.1) is 0 Å². The lowest BCUT2D eigenvalue weighted by Gasteiger charge is -2.26. The molecule has 5 heteroatoms. The summed E-state index contributed by atoms with van der Waals surface area (Å²) in [6, 6.07) is 157. The molecule has 0 saturated carbocycles. The van der Waals surface area contributed by atoms with Crippen LogP contribution in [0.3, 0.4) is 0 Å². The highest BCUT2D eigenvalue weighted by Crippen LogP contribution is 2.38.